The number of nitrogen functional groups attached to an aromatic ring is 2. The fraction of sp³-hybridized carbons (Fsp3) is 0.143. The van der Waals surface area contributed by atoms with Crippen LogP contribution in [0.4, 0.5) is 11.4 Å². The predicted molar refractivity (Wildman–Crippen MR) is 45.1 cm³/mol. The fourth-order valence-electron chi connectivity index (χ4n) is 0.570. The zero-order valence-electron chi connectivity index (χ0n) is 6.28. The molecule has 0 heterocycles. The molecule has 0 atom stereocenters. The molecule has 1 aromatic carbocycles. The Balaban J connectivity index is 0.000000461. The first-order valence-electron chi connectivity index (χ1n) is 2.99. The van der Waals surface area contributed by atoms with E-state index in [0.717, 1.165) is 7.11 Å². The Hall–Kier alpha value is -1.42. The molecule has 62 valence electrons. The Morgan fingerprint density at radius 2 is 1.73 bits per heavy atom. The Labute approximate surface area is 65.1 Å². The third kappa shape index (κ3) is 2.35. The molecular weight excluding hydrogens is 144 g/mol. The second-order valence-corrected chi connectivity index (χ2v) is 1.78. The van der Waals surface area contributed by atoms with Crippen LogP contribution in [0.25, 0.3) is 0 Å². The van der Waals surface area contributed by atoms with Crippen LogP contribution in [-0.4, -0.2) is 17.3 Å². The van der Waals surface area contributed by atoms with Gasteiger partial charge in [-0.2, -0.15) is 0 Å². The van der Waals surface area contributed by atoms with Crippen molar-refractivity contribution < 1.29 is 10.2 Å². The first-order valence-corrected chi connectivity index (χ1v) is 2.99. The van der Waals surface area contributed by atoms with Gasteiger partial charge in [-0.15, -0.1) is 0 Å². The number of para-hydroxylation sites is 1. The van der Waals surface area contributed by atoms with Crippen LogP contribution >= 0.6 is 0 Å². The van der Waals surface area contributed by atoms with Crippen molar-refractivity contribution in [1.29, 1.82) is 0 Å². The van der Waals surface area contributed by atoms with Crippen LogP contribution in [0.1, 0.15) is 0 Å². The SMILES string of the molecule is CO.Nc1cccc(O)c1N. The van der Waals surface area contributed by atoms with Crippen LogP contribution in [0.15, 0.2) is 18.2 Å². The normalized spacial score (nSPS) is 8.18. The van der Waals surface area contributed by atoms with Crippen molar-refractivity contribution in [3.05, 3.63) is 18.2 Å². The topological polar surface area (TPSA) is 92.5 Å². The van der Waals surface area contributed by atoms with Crippen molar-refractivity contribution in [3.8, 4) is 5.75 Å². The van der Waals surface area contributed by atoms with Crippen LogP contribution in [0.2, 0.25) is 0 Å². The van der Waals surface area contributed by atoms with Crippen molar-refractivity contribution in [2.45, 2.75) is 0 Å². The Morgan fingerprint density at radius 3 is 2.09 bits per heavy atom. The minimum Gasteiger partial charge on any atom is -0.506 e. The smallest absolute Gasteiger partial charge is 0.140 e. The molecule has 0 saturated heterocycles. The highest BCUT2D eigenvalue weighted by Crippen LogP contribution is 2.24. The molecule has 1 rings (SSSR count). The molecule has 1 aromatic rings. The molecule has 0 aliphatic heterocycles. The number of phenolic OH excluding ortho intramolecular Hbond substituents is 1. The Kier molecular flexibility index (Phi) is 3.84. The molecule has 0 spiro atoms. The molecule has 11 heavy (non-hydrogen) atoms. The largest absolute Gasteiger partial charge is 0.506 e. The van der Waals surface area contributed by atoms with Crippen molar-refractivity contribution in [1.82, 2.24) is 0 Å². The molecule has 0 fully saturated rings. The van der Waals surface area contributed by atoms with Gasteiger partial charge in [-0.1, -0.05) is 6.07 Å². The van der Waals surface area contributed by atoms with Gasteiger partial charge < -0.3 is 21.7 Å². The summed E-state index contributed by atoms with van der Waals surface area (Å²) in [6.07, 6.45) is 0. The molecule has 0 saturated carbocycles. The van der Waals surface area contributed by atoms with Gasteiger partial charge in [0.1, 0.15) is 5.75 Å². The van der Waals surface area contributed by atoms with Gasteiger partial charge in [0.2, 0.25) is 0 Å². The number of aromatic hydroxyl groups is 1. The van der Waals surface area contributed by atoms with E-state index in [2.05, 4.69) is 0 Å². The van der Waals surface area contributed by atoms with E-state index in [-0.39, 0.29) is 11.4 Å². The first kappa shape index (κ1) is 9.58. The quantitative estimate of drug-likeness (QED) is 0.318. The molecule has 4 nitrogen and oxygen atoms in total. The highest BCUT2D eigenvalue weighted by Gasteiger charge is 1.96. The number of phenols is 1. The summed E-state index contributed by atoms with van der Waals surface area (Å²) in [7, 11) is 1.00. The van der Waals surface area contributed by atoms with E-state index < -0.39 is 0 Å². The number of hydrogen-bond donors (Lipinski definition) is 4. The molecule has 0 aromatic heterocycles. The lowest BCUT2D eigenvalue weighted by atomic mass is 10.2. The van der Waals surface area contributed by atoms with E-state index in [1.54, 1.807) is 12.1 Å². The lowest BCUT2D eigenvalue weighted by molar-refractivity contribution is 0.399. The molecule has 0 bridgehead atoms. The fourth-order valence-corrected chi connectivity index (χ4v) is 0.570. The second kappa shape index (κ2) is 4.40. The number of aliphatic hydroxyl groups is 1. The maximum Gasteiger partial charge on any atom is 0.140 e. The molecule has 4 heteroatoms. The van der Waals surface area contributed by atoms with Gasteiger partial charge in [-0.3, -0.25) is 0 Å². The summed E-state index contributed by atoms with van der Waals surface area (Å²) in [5.41, 5.74) is 11.3. The Morgan fingerprint density at radius 1 is 1.18 bits per heavy atom. The zero-order chi connectivity index (χ0) is 8.85. The number of hydrogen-bond acceptors (Lipinski definition) is 4. The van der Waals surface area contributed by atoms with Crippen LogP contribution in [-0.2, 0) is 0 Å². The van der Waals surface area contributed by atoms with Gasteiger partial charge in [0.15, 0.2) is 0 Å². The molecule has 0 aliphatic rings. The summed E-state index contributed by atoms with van der Waals surface area (Å²) in [6, 6.07) is 4.77. The minimum absolute atomic E-state index is 0.0370. The van der Waals surface area contributed by atoms with Crippen LogP contribution in [0.3, 0.4) is 0 Å². The predicted octanol–water partition coefficient (Wildman–Crippen LogP) is 0.165. The lowest BCUT2D eigenvalue weighted by Gasteiger charge is -1.99. The monoisotopic (exact) mass is 156 g/mol. The summed E-state index contributed by atoms with van der Waals surface area (Å²) in [5.74, 6) is 0.0370. The summed E-state index contributed by atoms with van der Waals surface area (Å²) in [5, 5.41) is 15.9. The zero-order valence-corrected chi connectivity index (χ0v) is 6.28. The number of anilines is 2. The van der Waals surface area contributed by atoms with E-state index in [1.165, 1.54) is 6.07 Å². The average Bonchev–Trinajstić information content (AvgIpc) is 2.04. The summed E-state index contributed by atoms with van der Waals surface area (Å²) >= 11 is 0. The standard InChI is InChI=1S/C6H8N2O.CH4O/c7-4-2-1-3-5(9)6(4)8;1-2/h1-3,9H,7-8H2;2H,1H3. The van der Waals surface area contributed by atoms with Gasteiger partial charge >= 0.3 is 0 Å². The summed E-state index contributed by atoms with van der Waals surface area (Å²) in [4.78, 5) is 0. The van der Waals surface area contributed by atoms with Crippen molar-refractivity contribution in [2.75, 3.05) is 18.6 Å². The Bertz CT molecular complexity index is 205. The molecule has 6 N–H and O–H groups in total. The van der Waals surface area contributed by atoms with Crippen LogP contribution in [0.5, 0.6) is 5.75 Å². The minimum atomic E-state index is 0.0370. The number of benzene rings is 1. The maximum absolute atomic E-state index is 8.90. The van der Waals surface area contributed by atoms with Crippen molar-refractivity contribution in [3.63, 3.8) is 0 Å². The van der Waals surface area contributed by atoms with Gasteiger partial charge in [0.25, 0.3) is 0 Å². The second-order valence-electron chi connectivity index (χ2n) is 1.78. The molecule has 0 amide bonds. The first-order chi connectivity index (χ1) is 5.22. The summed E-state index contributed by atoms with van der Waals surface area (Å²) < 4.78 is 0. The van der Waals surface area contributed by atoms with E-state index in [4.69, 9.17) is 21.7 Å². The van der Waals surface area contributed by atoms with Gasteiger partial charge in [-0.25, -0.2) is 0 Å². The number of aliphatic hydroxyl groups excluding tert-OH is 1. The van der Waals surface area contributed by atoms with Crippen molar-refractivity contribution in [2.24, 2.45) is 0 Å². The summed E-state index contributed by atoms with van der Waals surface area (Å²) in [6.45, 7) is 0. The maximum atomic E-state index is 8.90. The highest BCUT2D eigenvalue weighted by molar-refractivity contribution is 5.69. The average molecular weight is 156 g/mol. The van der Waals surface area contributed by atoms with Crippen LogP contribution < -0.4 is 11.5 Å². The van der Waals surface area contributed by atoms with Gasteiger partial charge in [-0.05, 0) is 12.1 Å². The van der Waals surface area contributed by atoms with Gasteiger partial charge in [0.05, 0.1) is 11.4 Å². The van der Waals surface area contributed by atoms with Crippen molar-refractivity contribution >= 4 is 11.4 Å². The molecule has 0 radical (unpaired) electrons. The van der Waals surface area contributed by atoms with E-state index in [0.29, 0.717) is 5.69 Å². The highest BCUT2D eigenvalue weighted by atomic mass is 16.3. The van der Waals surface area contributed by atoms with Crippen LogP contribution in [0, 0.1) is 0 Å². The molecule has 0 unspecified atom stereocenters. The molecular formula is C7H12N2O2. The third-order valence-corrected chi connectivity index (χ3v) is 1.12. The van der Waals surface area contributed by atoms with Gasteiger partial charge in [0, 0.05) is 7.11 Å². The van der Waals surface area contributed by atoms with E-state index in [1.807, 2.05) is 0 Å². The lowest BCUT2D eigenvalue weighted by Crippen LogP contribution is -1.93. The van der Waals surface area contributed by atoms with E-state index in [9.17, 15) is 0 Å². The number of rotatable bonds is 0. The number of nitrogens with two attached hydrogens (primary N) is 2. The molecule has 0 aliphatic carbocycles. The van der Waals surface area contributed by atoms with E-state index >= 15 is 0 Å². The third-order valence-electron chi connectivity index (χ3n) is 1.12.